The van der Waals surface area contributed by atoms with Gasteiger partial charge in [-0.05, 0) is 25.1 Å². The third kappa shape index (κ3) is 4.04. The Morgan fingerprint density at radius 1 is 1.25 bits per heavy atom. The highest BCUT2D eigenvalue weighted by atomic mass is 32.2. The van der Waals surface area contributed by atoms with Crippen molar-refractivity contribution in [3.8, 4) is 0 Å². The number of benzene rings is 1. The summed E-state index contributed by atoms with van der Waals surface area (Å²) in [6.45, 7) is 2.57. The van der Waals surface area contributed by atoms with E-state index < -0.39 is 10.0 Å². The van der Waals surface area contributed by atoms with Crippen molar-refractivity contribution in [2.24, 2.45) is 7.05 Å². The number of aryl methyl sites for hydroxylation is 1. The summed E-state index contributed by atoms with van der Waals surface area (Å²) in [6, 6.07) is 11.4. The van der Waals surface area contributed by atoms with E-state index in [-0.39, 0.29) is 16.7 Å². The highest BCUT2D eigenvalue weighted by Gasteiger charge is 2.19. The first-order valence-corrected chi connectivity index (χ1v) is 9.30. The van der Waals surface area contributed by atoms with Gasteiger partial charge in [-0.3, -0.25) is 4.79 Å². The van der Waals surface area contributed by atoms with Crippen molar-refractivity contribution in [3.05, 3.63) is 53.9 Å². The molecule has 0 bridgehead atoms. The minimum absolute atomic E-state index is 0.0766. The van der Waals surface area contributed by atoms with Crippen LogP contribution in [0.3, 0.4) is 0 Å². The van der Waals surface area contributed by atoms with E-state index in [0.717, 1.165) is 6.42 Å². The predicted octanol–water partition coefficient (Wildman–Crippen LogP) is 1.86. The molecule has 2 rings (SSSR count). The molecule has 1 aromatic heterocycles. The SMILES string of the molecule is CCC(CNC(=O)c1cc(S(=O)(=O)NC)cn1C)c1ccccc1. The maximum absolute atomic E-state index is 12.4. The molecule has 7 heteroatoms. The van der Waals surface area contributed by atoms with Crippen LogP contribution in [0, 0.1) is 0 Å². The molecule has 1 aromatic carbocycles. The second-order valence-corrected chi connectivity index (χ2v) is 7.49. The molecule has 0 fully saturated rings. The van der Waals surface area contributed by atoms with Gasteiger partial charge in [0.2, 0.25) is 10.0 Å². The number of sulfonamides is 1. The Hall–Kier alpha value is -2.12. The molecule has 0 radical (unpaired) electrons. The molecular weight excluding hydrogens is 326 g/mol. The number of hydrogen-bond donors (Lipinski definition) is 2. The van der Waals surface area contributed by atoms with E-state index in [4.69, 9.17) is 0 Å². The first kappa shape index (κ1) is 18.2. The van der Waals surface area contributed by atoms with Crippen LogP contribution in [0.5, 0.6) is 0 Å². The van der Waals surface area contributed by atoms with Crippen LogP contribution in [-0.2, 0) is 17.1 Å². The molecule has 1 heterocycles. The zero-order valence-electron chi connectivity index (χ0n) is 14.1. The molecule has 130 valence electrons. The average molecular weight is 349 g/mol. The van der Waals surface area contributed by atoms with Gasteiger partial charge in [-0.1, -0.05) is 37.3 Å². The summed E-state index contributed by atoms with van der Waals surface area (Å²) in [5, 5.41) is 2.90. The van der Waals surface area contributed by atoms with Crippen LogP contribution in [0.1, 0.15) is 35.3 Å². The number of nitrogens with zero attached hydrogens (tertiary/aromatic N) is 1. The molecule has 0 aliphatic heterocycles. The van der Waals surface area contributed by atoms with E-state index in [2.05, 4.69) is 17.0 Å². The lowest BCUT2D eigenvalue weighted by atomic mass is 9.96. The highest BCUT2D eigenvalue weighted by Crippen LogP contribution is 2.18. The summed E-state index contributed by atoms with van der Waals surface area (Å²) >= 11 is 0. The summed E-state index contributed by atoms with van der Waals surface area (Å²) in [7, 11) is -0.571. The number of hydrogen-bond acceptors (Lipinski definition) is 3. The maximum atomic E-state index is 12.4. The zero-order chi connectivity index (χ0) is 17.7. The fraction of sp³-hybridized carbons (Fsp3) is 0.353. The zero-order valence-corrected chi connectivity index (χ0v) is 14.9. The molecule has 2 aromatic rings. The third-order valence-electron chi connectivity index (χ3n) is 4.06. The topological polar surface area (TPSA) is 80.2 Å². The largest absolute Gasteiger partial charge is 0.350 e. The number of aromatic nitrogens is 1. The summed E-state index contributed by atoms with van der Waals surface area (Å²) in [5.41, 5.74) is 1.48. The van der Waals surface area contributed by atoms with Gasteiger partial charge in [0, 0.05) is 25.7 Å². The molecule has 0 saturated heterocycles. The van der Waals surface area contributed by atoms with Crippen LogP contribution in [0.2, 0.25) is 0 Å². The number of amides is 1. The van der Waals surface area contributed by atoms with Crippen LogP contribution in [0.15, 0.2) is 47.5 Å². The lowest BCUT2D eigenvalue weighted by Gasteiger charge is -2.16. The van der Waals surface area contributed by atoms with Crippen LogP contribution >= 0.6 is 0 Å². The summed E-state index contributed by atoms with van der Waals surface area (Å²) in [4.78, 5) is 12.5. The smallest absolute Gasteiger partial charge is 0.267 e. The van der Waals surface area contributed by atoms with Crippen molar-refractivity contribution in [2.45, 2.75) is 24.2 Å². The van der Waals surface area contributed by atoms with Gasteiger partial charge in [-0.2, -0.15) is 0 Å². The van der Waals surface area contributed by atoms with E-state index in [0.29, 0.717) is 12.2 Å². The maximum Gasteiger partial charge on any atom is 0.267 e. The summed E-state index contributed by atoms with van der Waals surface area (Å²) in [6.07, 6.45) is 2.33. The molecule has 1 unspecified atom stereocenters. The van der Waals surface area contributed by atoms with Crippen molar-refractivity contribution >= 4 is 15.9 Å². The normalized spacial score (nSPS) is 12.8. The predicted molar refractivity (Wildman–Crippen MR) is 93.5 cm³/mol. The van der Waals surface area contributed by atoms with Crippen molar-refractivity contribution in [1.82, 2.24) is 14.6 Å². The Morgan fingerprint density at radius 2 is 1.92 bits per heavy atom. The van der Waals surface area contributed by atoms with Gasteiger partial charge in [0.15, 0.2) is 0 Å². The van der Waals surface area contributed by atoms with E-state index >= 15 is 0 Å². The van der Waals surface area contributed by atoms with Crippen LogP contribution < -0.4 is 10.0 Å². The minimum atomic E-state index is -3.56. The first-order valence-electron chi connectivity index (χ1n) is 7.82. The monoisotopic (exact) mass is 349 g/mol. The Bertz CT molecular complexity index is 798. The number of carbonyl (C=O) groups excluding carboxylic acids is 1. The molecule has 6 nitrogen and oxygen atoms in total. The van der Waals surface area contributed by atoms with Gasteiger partial charge in [0.25, 0.3) is 5.91 Å². The number of carbonyl (C=O) groups is 1. The Morgan fingerprint density at radius 3 is 2.50 bits per heavy atom. The molecule has 0 spiro atoms. The molecule has 0 saturated carbocycles. The van der Waals surface area contributed by atoms with Gasteiger partial charge in [0.05, 0.1) is 0 Å². The third-order valence-corrected chi connectivity index (χ3v) is 5.45. The summed E-state index contributed by atoms with van der Waals surface area (Å²) in [5.74, 6) is -0.0691. The van der Waals surface area contributed by atoms with Gasteiger partial charge >= 0.3 is 0 Å². The molecule has 0 aliphatic rings. The lowest BCUT2D eigenvalue weighted by Crippen LogP contribution is -2.29. The quantitative estimate of drug-likeness (QED) is 0.801. The number of nitrogens with one attached hydrogen (secondary N) is 2. The van der Waals surface area contributed by atoms with E-state index in [1.807, 2.05) is 30.3 Å². The van der Waals surface area contributed by atoms with E-state index in [9.17, 15) is 13.2 Å². The van der Waals surface area contributed by atoms with E-state index in [1.165, 1.54) is 29.4 Å². The lowest BCUT2D eigenvalue weighted by molar-refractivity contribution is 0.0942. The molecule has 1 atom stereocenters. The van der Waals surface area contributed by atoms with Gasteiger partial charge in [-0.15, -0.1) is 0 Å². The van der Waals surface area contributed by atoms with Gasteiger partial charge in [0.1, 0.15) is 10.6 Å². The number of rotatable bonds is 7. The average Bonchev–Trinajstić information content (AvgIpc) is 2.99. The molecule has 24 heavy (non-hydrogen) atoms. The van der Waals surface area contributed by atoms with Crippen LogP contribution in [-0.4, -0.2) is 32.5 Å². The second-order valence-electron chi connectivity index (χ2n) is 5.61. The minimum Gasteiger partial charge on any atom is -0.350 e. The molecule has 0 aliphatic carbocycles. The fourth-order valence-electron chi connectivity index (χ4n) is 2.55. The van der Waals surface area contributed by atoms with Crippen molar-refractivity contribution < 1.29 is 13.2 Å². The van der Waals surface area contributed by atoms with Gasteiger partial charge in [-0.25, -0.2) is 13.1 Å². The molecule has 1 amide bonds. The Kier molecular flexibility index (Phi) is 5.80. The van der Waals surface area contributed by atoms with Crippen LogP contribution in [0.25, 0.3) is 0 Å². The molecule has 2 N–H and O–H groups in total. The Labute approximate surface area is 142 Å². The molecular formula is C17H23N3O3S. The fourth-order valence-corrected chi connectivity index (χ4v) is 3.35. The first-order chi connectivity index (χ1) is 11.4. The van der Waals surface area contributed by atoms with Crippen molar-refractivity contribution in [1.29, 1.82) is 0 Å². The second kappa shape index (κ2) is 7.63. The Balaban J connectivity index is 2.10. The van der Waals surface area contributed by atoms with Crippen molar-refractivity contribution in [2.75, 3.05) is 13.6 Å². The van der Waals surface area contributed by atoms with Gasteiger partial charge < -0.3 is 9.88 Å². The van der Waals surface area contributed by atoms with Crippen LogP contribution in [0.4, 0.5) is 0 Å². The standard InChI is InChI=1S/C17H23N3O3S/c1-4-13(14-8-6-5-7-9-14)11-19-17(21)16-10-15(12-20(16)3)24(22,23)18-2/h5-10,12-13,18H,4,11H2,1-3H3,(H,19,21). The van der Waals surface area contributed by atoms with E-state index in [1.54, 1.807) is 7.05 Å². The summed E-state index contributed by atoms with van der Waals surface area (Å²) < 4.78 is 27.4. The highest BCUT2D eigenvalue weighted by molar-refractivity contribution is 7.89. The van der Waals surface area contributed by atoms with Crippen molar-refractivity contribution in [3.63, 3.8) is 0 Å².